The fraction of sp³-hybridized carbons (Fsp3) is 0. The summed E-state index contributed by atoms with van der Waals surface area (Å²) < 4.78 is 27.9. The van der Waals surface area contributed by atoms with Crippen molar-refractivity contribution in [2.45, 2.75) is 0 Å². The van der Waals surface area contributed by atoms with Crippen LogP contribution in [-0.4, -0.2) is 38.0 Å². The van der Waals surface area contributed by atoms with Crippen molar-refractivity contribution < 1.29 is 12.3 Å². The van der Waals surface area contributed by atoms with E-state index in [1.807, 2.05) is 0 Å². The van der Waals surface area contributed by atoms with E-state index in [1.54, 1.807) is 0 Å². The number of nitrogens with two attached hydrogens (primary N) is 1. The topological polar surface area (TPSA) is 60.2 Å². The molecule has 0 bridgehead atoms. The second-order valence-corrected chi connectivity index (χ2v) is 1.43. The van der Waals surface area contributed by atoms with Crippen molar-refractivity contribution in [2.24, 2.45) is 5.14 Å². The molecule has 0 aromatic carbocycles. The van der Waals surface area contributed by atoms with Crippen molar-refractivity contribution in [1.29, 1.82) is 0 Å². The third kappa shape index (κ3) is 101. The Morgan fingerprint density at radius 1 is 1.50 bits per heavy atom. The summed E-state index contributed by atoms with van der Waals surface area (Å²) in [6.07, 6.45) is 0. The van der Waals surface area contributed by atoms with Crippen LogP contribution in [0.25, 0.3) is 0 Å². The van der Waals surface area contributed by atoms with Crippen molar-refractivity contribution in [1.82, 2.24) is 0 Å². The fourth-order valence-corrected chi connectivity index (χ4v) is 0. The molecule has 0 spiro atoms. The van der Waals surface area contributed by atoms with Crippen molar-refractivity contribution in [3.63, 3.8) is 0 Å². The van der Waals surface area contributed by atoms with Gasteiger partial charge in [-0.15, -0.1) is 0 Å². The quantitative estimate of drug-likeness (QED) is 0.315. The van der Waals surface area contributed by atoms with Gasteiger partial charge in [0.15, 0.2) is 0 Å². The molecule has 0 aromatic heterocycles. The Labute approximate surface area is 57.3 Å². The molecular weight excluding hydrogens is 120 g/mol. The van der Waals surface area contributed by atoms with Gasteiger partial charge in [0, 0.05) is 0 Å². The van der Waals surface area contributed by atoms with Crippen molar-refractivity contribution >= 4 is 40.0 Å². The van der Waals surface area contributed by atoms with Gasteiger partial charge in [-0.2, -0.15) is 8.42 Å². The predicted molar refractivity (Wildman–Crippen MR) is 21.4 cm³/mol. The molecule has 0 atom stereocenters. The van der Waals surface area contributed by atoms with Crippen LogP contribution in [0.2, 0.25) is 0 Å². The summed E-state index contributed by atoms with van der Waals surface area (Å²) in [7, 11) is -4.67. The summed E-state index contributed by atoms with van der Waals surface area (Å²) in [6.45, 7) is 0. The molecule has 0 aromatic rings. The predicted octanol–water partition coefficient (Wildman–Crippen LogP) is -1.49. The van der Waals surface area contributed by atoms with E-state index in [2.05, 4.69) is 5.14 Å². The number of halogens is 1. The first kappa shape index (κ1) is 9.96. The van der Waals surface area contributed by atoms with Gasteiger partial charge in [-0.3, -0.25) is 0 Å². The molecule has 0 radical (unpaired) electrons. The van der Waals surface area contributed by atoms with Crippen LogP contribution in [0.4, 0.5) is 3.89 Å². The van der Waals surface area contributed by atoms with Gasteiger partial charge in [0.25, 0.3) is 0 Å². The van der Waals surface area contributed by atoms with Crippen LogP contribution in [0.15, 0.2) is 0 Å². The third-order valence-corrected chi connectivity index (χ3v) is 0. The van der Waals surface area contributed by atoms with Gasteiger partial charge < -0.3 is 0 Å². The molecule has 0 rings (SSSR count). The number of hydrogen-bond donors (Lipinski definition) is 1. The molecule has 0 saturated carbocycles. The van der Waals surface area contributed by atoms with Crippen LogP contribution in [0.3, 0.4) is 0 Å². The first-order valence-electron chi connectivity index (χ1n) is 0.723. The van der Waals surface area contributed by atoms with Crippen LogP contribution in [0.5, 0.6) is 0 Å². The van der Waals surface area contributed by atoms with E-state index < -0.39 is 10.4 Å². The van der Waals surface area contributed by atoms with Crippen LogP contribution in [-0.2, 0) is 10.4 Å². The van der Waals surface area contributed by atoms with Gasteiger partial charge in [-0.05, 0) is 0 Å². The molecule has 0 amide bonds. The molecule has 0 aliphatic heterocycles. The second-order valence-electron chi connectivity index (χ2n) is 0.476. The Kier molecular flexibility index (Phi) is 4.85. The van der Waals surface area contributed by atoms with E-state index in [-0.39, 0.29) is 29.6 Å². The molecule has 34 valence electrons. The molecule has 0 unspecified atom stereocenters. The van der Waals surface area contributed by atoms with Gasteiger partial charge in [-0.1, -0.05) is 3.89 Å². The molecule has 0 aliphatic carbocycles. The number of rotatable bonds is 0. The molecular formula is H3FNNaO2S. The monoisotopic (exact) mass is 123 g/mol. The van der Waals surface area contributed by atoms with Gasteiger partial charge in [0.05, 0.1) is 0 Å². The number of hydrogen-bond acceptors (Lipinski definition) is 2. The summed E-state index contributed by atoms with van der Waals surface area (Å²) in [4.78, 5) is 0. The minimum absolute atomic E-state index is 0. The summed E-state index contributed by atoms with van der Waals surface area (Å²) in [6, 6.07) is 0. The Bertz CT molecular complexity index is 96.7. The van der Waals surface area contributed by atoms with E-state index in [4.69, 9.17) is 8.42 Å². The molecule has 0 saturated heterocycles. The Hall–Kier alpha value is 0.840. The standard InChI is InChI=1S/FH2NO2S.Na.H/c1-5(2,3)4;;/h(H2,2,3,4);;. The van der Waals surface area contributed by atoms with Gasteiger partial charge >= 0.3 is 40.0 Å². The molecule has 0 fully saturated rings. The van der Waals surface area contributed by atoms with Crippen LogP contribution >= 0.6 is 0 Å². The summed E-state index contributed by atoms with van der Waals surface area (Å²) >= 11 is 0. The first-order chi connectivity index (χ1) is 2.00. The zero-order valence-electron chi connectivity index (χ0n) is 2.18. The van der Waals surface area contributed by atoms with E-state index >= 15 is 0 Å². The maximum atomic E-state index is 10.4. The normalized spacial score (nSPS) is 9.67. The van der Waals surface area contributed by atoms with Crippen LogP contribution in [0, 0.1) is 0 Å². The summed E-state index contributed by atoms with van der Waals surface area (Å²) in [5.74, 6) is 0. The fourth-order valence-electron chi connectivity index (χ4n) is 0. The van der Waals surface area contributed by atoms with Crippen molar-refractivity contribution in [3.05, 3.63) is 0 Å². The Balaban J connectivity index is 0. The average Bonchev–Trinajstić information content (AvgIpc) is 0.722. The van der Waals surface area contributed by atoms with E-state index in [1.165, 1.54) is 0 Å². The van der Waals surface area contributed by atoms with Gasteiger partial charge in [0.1, 0.15) is 0 Å². The Morgan fingerprint density at radius 3 is 1.50 bits per heavy atom. The zero-order valence-corrected chi connectivity index (χ0v) is 3.00. The summed E-state index contributed by atoms with van der Waals surface area (Å²) in [5, 5.41) is 3.66. The van der Waals surface area contributed by atoms with E-state index in [9.17, 15) is 3.89 Å². The zero-order chi connectivity index (χ0) is 4.50. The molecule has 0 aliphatic rings. The maximum absolute atomic E-state index is 10.4. The summed E-state index contributed by atoms with van der Waals surface area (Å²) in [5.41, 5.74) is 0. The average molecular weight is 123 g/mol. The van der Waals surface area contributed by atoms with Gasteiger partial charge in [-0.25, -0.2) is 5.14 Å². The van der Waals surface area contributed by atoms with Crippen LogP contribution in [0.1, 0.15) is 0 Å². The SMILES string of the molecule is NS(=O)(=O)F.[NaH]. The van der Waals surface area contributed by atoms with Gasteiger partial charge in [0.2, 0.25) is 0 Å². The third-order valence-electron chi connectivity index (χ3n) is 0. The van der Waals surface area contributed by atoms with Crippen molar-refractivity contribution in [2.75, 3.05) is 0 Å². The minimum atomic E-state index is -4.67. The van der Waals surface area contributed by atoms with Crippen LogP contribution < -0.4 is 5.14 Å². The van der Waals surface area contributed by atoms with Crippen molar-refractivity contribution in [3.8, 4) is 0 Å². The van der Waals surface area contributed by atoms with E-state index in [0.29, 0.717) is 0 Å². The second kappa shape index (κ2) is 2.92. The molecule has 3 nitrogen and oxygen atoms in total. The molecule has 6 heavy (non-hydrogen) atoms. The molecule has 2 N–H and O–H groups in total. The molecule has 6 heteroatoms. The Morgan fingerprint density at radius 2 is 1.50 bits per heavy atom. The molecule has 0 heterocycles. The van der Waals surface area contributed by atoms with E-state index in [0.717, 1.165) is 0 Å². The first-order valence-corrected chi connectivity index (χ1v) is 2.17.